The minimum absolute atomic E-state index is 0.0611. The number of hydrogen-bond donors (Lipinski definition) is 2. The van der Waals surface area contributed by atoms with E-state index in [1.165, 1.54) is 24.3 Å². The Hall–Kier alpha value is -3.33. The standard InChI is InChI=1S/C20H21FN4O4/c1-11-14(17(25-29-11)15-6-4-12(21)8-23-15)9-28-16-7-5-13(19(22)27)18(24-16)20(2,3)10-26/h4-8,26H,9-10H2,1-3H3,(H2,22,27). The number of aromatic nitrogens is 3. The minimum atomic E-state index is -0.792. The fourth-order valence-electron chi connectivity index (χ4n) is 2.74. The average molecular weight is 400 g/mol. The third kappa shape index (κ3) is 4.24. The second-order valence-corrected chi connectivity index (χ2v) is 7.17. The predicted molar refractivity (Wildman–Crippen MR) is 102 cm³/mol. The van der Waals surface area contributed by atoms with Gasteiger partial charge >= 0.3 is 0 Å². The largest absolute Gasteiger partial charge is 0.473 e. The van der Waals surface area contributed by atoms with Gasteiger partial charge in [-0.2, -0.15) is 0 Å². The number of pyridine rings is 2. The third-order valence-corrected chi connectivity index (χ3v) is 4.49. The molecule has 0 saturated heterocycles. The molecule has 3 aromatic rings. The first kappa shape index (κ1) is 20.4. The Morgan fingerprint density at radius 2 is 2.07 bits per heavy atom. The van der Waals surface area contributed by atoms with Gasteiger partial charge in [0.2, 0.25) is 5.88 Å². The first-order valence-corrected chi connectivity index (χ1v) is 8.85. The van der Waals surface area contributed by atoms with Gasteiger partial charge in [-0.15, -0.1) is 0 Å². The lowest BCUT2D eigenvalue weighted by Gasteiger charge is -2.23. The predicted octanol–water partition coefficient (Wildman–Crippen LogP) is 2.53. The number of amides is 1. The van der Waals surface area contributed by atoms with Crippen LogP contribution in [0.3, 0.4) is 0 Å². The highest BCUT2D eigenvalue weighted by Crippen LogP contribution is 2.28. The Bertz CT molecular complexity index is 1030. The molecule has 0 aliphatic heterocycles. The summed E-state index contributed by atoms with van der Waals surface area (Å²) >= 11 is 0. The molecule has 3 rings (SSSR count). The first-order chi connectivity index (χ1) is 13.7. The highest BCUT2D eigenvalue weighted by Gasteiger charge is 2.27. The molecule has 0 aliphatic rings. The van der Waals surface area contributed by atoms with Gasteiger partial charge in [0.15, 0.2) is 0 Å². The number of carbonyl (C=O) groups is 1. The summed E-state index contributed by atoms with van der Waals surface area (Å²) in [6, 6.07) is 5.82. The van der Waals surface area contributed by atoms with E-state index in [4.69, 9.17) is 15.0 Å². The number of aliphatic hydroxyl groups excluding tert-OH is 1. The molecule has 0 aromatic carbocycles. The van der Waals surface area contributed by atoms with Gasteiger partial charge in [-0.3, -0.25) is 9.78 Å². The van der Waals surface area contributed by atoms with Gasteiger partial charge < -0.3 is 20.1 Å². The summed E-state index contributed by atoms with van der Waals surface area (Å²) in [5, 5.41) is 13.6. The molecule has 1 amide bonds. The molecule has 3 heterocycles. The van der Waals surface area contributed by atoms with E-state index >= 15 is 0 Å². The fourth-order valence-corrected chi connectivity index (χ4v) is 2.74. The van der Waals surface area contributed by atoms with Crippen LogP contribution in [-0.2, 0) is 12.0 Å². The van der Waals surface area contributed by atoms with E-state index in [0.29, 0.717) is 28.4 Å². The monoisotopic (exact) mass is 400 g/mol. The number of nitrogens with zero attached hydrogens (tertiary/aromatic N) is 3. The van der Waals surface area contributed by atoms with Crippen LogP contribution in [0.25, 0.3) is 11.4 Å². The van der Waals surface area contributed by atoms with E-state index in [1.807, 2.05) is 0 Å². The van der Waals surface area contributed by atoms with E-state index in [-0.39, 0.29) is 24.7 Å². The molecule has 3 N–H and O–H groups in total. The Labute approximate surface area is 166 Å². The number of aliphatic hydroxyl groups is 1. The van der Waals surface area contributed by atoms with Gasteiger partial charge in [-0.25, -0.2) is 9.37 Å². The van der Waals surface area contributed by atoms with Crippen molar-refractivity contribution in [2.24, 2.45) is 5.73 Å². The zero-order valence-electron chi connectivity index (χ0n) is 16.3. The molecule has 0 bridgehead atoms. The smallest absolute Gasteiger partial charge is 0.250 e. The molecular weight excluding hydrogens is 379 g/mol. The SMILES string of the molecule is Cc1onc(-c2ccc(F)cn2)c1COc1ccc(C(N)=O)c(C(C)(C)CO)n1. The Morgan fingerprint density at radius 3 is 2.69 bits per heavy atom. The molecule has 0 saturated carbocycles. The van der Waals surface area contributed by atoms with Gasteiger partial charge in [-0.1, -0.05) is 19.0 Å². The zero-order chi connectivity index (χ0) is 21.2. The number of halogens is 1. The van der Waals surface area contributed by atoms with Crippen molar-refractivity contribution >= 4 is 5.91 Å². The van der Waals surface area contributed by atoms with Crippen LogP contribution in [0.2, 0.25) is 0 Å². The maximum atomic E-state index is 13.1. The van der Waals surface area contributed by atoms with Gasteiger partial charge in [0, 0.05) is 11.5 Å². The van der Waals surface area contributed by atoms with Crippen LogP contribution in [-0.4, -0.2) is 32.7 Å². The summed E-state index contributed by atoms with van der Waals surface area (Å²) in [6.07, 6.45) is 1.09. The number of hydrogen-bond acceptors (Lipinski definition) is 7. The number of ether oxygens (including phenoxy) is 1. The summed E-state index contributed by atoms with van der Waals surface area (Å²) in [4.78, 5) is 20.1. The minimum Gasteiger partial charge on any atom is -0.473 e. The van der Waals surface area contributed by atoms with Crippen molar-refractivity contribution in [2.75, 3.05) is 6.61 Å². The summed E-state index contributed by atoms with van der Waals surface area (Å²) < 4.78 is 24.2. The van der Waals surface area contributed by atoms with Crippen molar-refractivity contribution in [3.63, 3.8) is 0 Å². The lowest BCUT2D eigenvalue weighted by atomic mass is 9.86. The van der Waals surface area contributed by atoms with Crippen LogP contribution in [0.15, 0.2) is 35.0 Å². The lowest BCUT2D eigenvalue weighted by Crippen LogP contribution is -2.28. The third-order valence-electron chi connectivity index (χ3n) is 4.49. The number of aryl methyl sites for hydroxylation is 1. The van der Waals surface area contributed by atoms with Gasteiger partial charge in [0.05, 0.1) is 35.3 Å². The molecule has 0 radical (unpaired) electrons. The van der Waals surface area contributed by atoms with Gasteiger partial charge in [-0.05, 0) is 25.1 Å². The summed E-state index contributed by atoms with van der Waals surface area (Å²) in [5.74, 6) is -0.328. The van der Waals surface area contributed by atoms with Crippen LogP contribution >= 0.6 is 0 Å². The van der Waals surface area contributed by atoms with Crippen LogP contribution in [0.4, 0.5) is 4.39 Å². The number of nitrogens with two attached hydrogens (primary N) is 1. The normalized spacial score (nSPS) is 11.5. The van der Waals surface area contributed by atoms with Crippen molar-refractivity contribution in [1.82, 2.24) is 15.1 Å². The van der Waals surface area contributed by atoms with Crippen molar-refractivity contribution in [2.45, 2.75) is 32.8 Å². The Balaban J connectivity index is 1.89. The topological polar surface area (TPSA) is 124 Å². The van der Waals surface area contributed by atoms with E-state index in [2.05, 4.69) is 15.1 Å². The first-order valence-electron chi connectivity index (χ1n) is 8.85. The average Bonchev–Trinajstić information content (AvgIpc) is 3.07. The van der Waals surface area contributed by atoms with Crippen molar-refractivity contribution in [3.05, 3.63) is 58.9 Å². The molecule has 29 heavy (non-hydrogen) atoms. The highest BCUT2D eigenvalue weighted by molar-refractivity contribution is 5.94. The molecule has 8 nitrogen and oxygen atoms in total. The number of carbonyl (C=O) groups excluding carboxylic acids is 1. The Morgan fingerprint density at radius 1 is 1.31 bits per heavy atom. The van der Waals surface area contributed by atoms with Crippen LogP contribution in [0, 0.1) is 12.7 Å². The molecule has 3 aromatic heterocycles. The molecule has 9 heteroatoms. The maximum Gasteiger partial charge on any atom is 0.250 e. The van der Waals surface area contributed by atoms with E-state index in [1.54, 1.807) is 20.8 Å². The second-order valence-electron chi connectivity index (χ2n) is 7.17. The number of rotatable bonds is 7. The van der Waals surface area contributed by atoms with Gasteiger partial charge in [0.1, 0.15) is 23.9 Å². The van der Waals surface area contributed by atoms with Crippen molar-refractivity contribution < 1.29 is 23.6 Å². The molecule has 0 unspecified atom stereocenters. The maximum absolute atomic E-state index is 13.1. The van der Waals surface area contributed by atoms with Crippen LogP contribution in [0.1, 0.15) is 41.2 Å². The number of primary amides is 1. The quantitative estimate of drug-likeness (QED) is 0.624. The highest BCUT2D eigenvalue weighted by atomic mass is 19.1. The van der Waals surface area contributed by atoms with Crippen LogP contribution in [0.5, 0.6) is 5.88 Å². The molecule has 0 fully saturated rings. The molecule has 0 aliphatic carbocycles. The summed E-state index contributed by atoms with van der Waals surface area (Å²) in [6.45, 7) is 5.05. The van der Waals surface area contributed by atoms with Crippen molar-refractivity contribution in [1.29, 1.82) is 0 Å². The molecule has 152 valence electrons. The second kappa shape index (κ2) is 7.96. The summed E-state index contributed by atoms with van der Waals surface area (Å²) in [7, 11) is 0. The fraction of sp³-hybridized carbons (Fsp3) is 0.300. The molecular formula is C20H21FN4O4. The van der Waals surface area contributed by atoms with Crippen LogP contribution < -0.4 is 10.5 Å². The van der Waals surface area contributed by atoms with E-state index in [9.17, 15) is 14.3 Å². The zero-order valence-corrected chi connectivity index (χ0v) is 16.3. The Kier molecular flexibility index (Phi) is 5.60. The summed E-state index contributed by atoms with van der Waals surface area (Å²) in [5.41, 5.74) is 6.71. The van der Waals surface area contributed by atoms with Crippen molar-refractivity contribution in [3.8, 4) is 17.3 Å². The van der Waals surface area contributed by atoms with Gasteiger partial charge in [0.25, 0.3) is 5.91 Å². The van der Waals surface area contributed by atoms with E-state index in [0.717, 1.165) is 6.20 Å². The lowest BCUT2D eigenvalue weighted by molar-refractivity contribution is 0.0995. The molecule has 0 spiro atoms. The molecule has 0 atom stereocenters. The van der Waals surface area contributed by atoms with E-state index < -0.39 is 17.1 Å².